The third kappa shape index (κ3) is 41.9. The number of phosphoric acid groups is 1. The normalized spacial score (nSPS) is 14.5. The molecular weight excluding hydrogens is 715 g/mol. The van der Waals surface area contributed by atoms with Gasteiger partial charge < -0.3 is 24.6 Å². The van der Waals surface area contributed by atoms with E-state index in [0.717, 1.165) is 77.0 Å². The molecule has 0 fully saturated rings. The molecule has 0 saturated carbocycles. The molecular formula is C45H83O9P. The Morgan fingerprint density at radius 3 is 1.58 bits per heavy atom. The lowest BCUT2D eigenvalue weighted by atomic mass is 10.1. The van der Waals surface area contributed by atoms with Crippen LogP contribution in [-0.4, -0.2) is 66.3 Å². The van der Waals surface area contributed by atoms with Gasteiger partial charge in [0.05, 0.1) is 26.4 Å². The van der Waals surface area contributed by atoms with E-state index in [0.29, 0.717) is 6.61 Å². The van der Waals surface area contributed by atoms with Crippen molar-refractivity contribution in [3.63, 3.8) is 0 Å². The minimum atomic E-state index is -4.52. The van der Waals surface area contributed by atoms with Gasteiger partial charge in [-0.05, 0) is 70.6 Å². The number of hydrogen-bond acceptors (Lipinski definition) is 8. The van der Waals surface area contributed by atoms with E-state index in [1.54, 1.807) is 0 Å². The summed E-state index contributed by atoms with van der Waals surface area (Å²) in [5.41, 5.74) is 0. The molecule has 0 amide bonds. The molecule has 3 atom stereocenters. The minimum absolute atomic E-state index is 0.0380. The van der Waals surface area contributed by atoms with Gasteiger partial charge in [-0.2, -0.15) is 0 Å². The molecule has 10 heteroatoms. The first kappa shape index (κ1) is 53.4. The van der Waals surface area contributed by atoms with Crippen molar-refractivity contribution >= 4 is 13.8 Å². The second kappa shape index (κ2) is 42.0. The lowest BCUT2D eigenvalue weighted by molar-refractivity contribution is -0.154. The summed E-state index contributed by atoms with van der Waals surface area (Å²) in [7, 11) is -4.52. The Bertz CT molecular complexity index is 997. The highest BCUT2D eigenvalue weighted by atomic mass is 31.2. The average Bonchev–Trinajstić information content (AvgIpc) is 3.18. The molecule has 3 unspecified atom stereocenters. The van der Waals surface area contributed by atoms with E-state index in [-0.39, 0.29) is 19.6 Å². The van der Waals surface area contributed by atoms with E-state index < -0.39 is 39.2 Å². The number of aliphatic hydroxyl groups excluding tert-OH is 2. The molecule has 0 aromatic rings. The van der Waals surface area contributed by atoms with E-state index >= 15 is 0 Å². The molecule has 0 rings (SSSR count). The number of phosphoric ester groups is 1. The fraction of sp³-hybridized carbons (Fsp3) is 0.800. The van der Waals surface area contributed by atoms with Crippen molar-refractivity contribution in [2.75, 3.05) is 33.0 Å². The maximum atomic E-state index is 12.6. The zero-order valence-electron chi connectivity index (χ0n) is 35.1. The summed E-state index contributed by atoms with van der Waals surface area (Å²) in [6, 6.07) is 0. The Kier molecular flexibility index (Phi) is 40.8. The van der Waals surface area contributed by atoms with Crippen LogP contribution in [0.25, 0.3) is 0 Å². The van der Waals surface area contributed by atoms with Crippen molar-refractivity contribution in [2.24, 2.45) is 0 Å². The van der Waals surface area contributed by atoms with Crippen molar-refractivity contribution in [1.29, 1.82) is 0 Å². The summed E-state index contributed by atoms with van der Waals surface area (Å²) in [5, 5.41) is 18.3. The maximum Gasteiger partial charge on any atom is 0.472 e. The second-order valence-corrected chi connectivity index (χ2v) is 16.1. The van der Waals surface area contributed by atoms with E-state index in [1.807, 2.05) is 0 Å². The molecule has 0 heterocycles. The standard InChI is InChI=1S/C45H83O9P/c1-3-5-7-9-11-13-15-17-19-21-22-23-25-27-29-31-33-35-37-45(48)54-44(42-53-55(49,50)52-40-43(47)39-46)41-51-38-36-34-32-30-28-26-24-20-18-16-14-12-10-8-6-4-2/h6,8,12,14,18-21,43-44,46-47H,3-5,7,9-11,13,15-17,22-42H2,1-2H3,(H,49,50)/b8-6-,14-12-,20-18-,21-19-. The summed E-state index contributed by atoms with van der Waals surface area (Å²) in [6.45, 7) is 3.37. The average molecular weight is 799 g/mol. The fourth-order valence-corrected chi connectivity index (χ4v) is 6.68. The largest absolute Gasteiger partial charge is 0.472 e. The fourth-order valence-electron chi connectivity index (χ4n) is 5.89. The van der Waals surface area contributed by atoms with Crippen LogP contribution >= 0.6 is 7.82 Å². The number of esters is 1. The lowest BCUT2D eigenvalue weighted by Gasteiger charge is -2.20. The molecule has 0 radical (unpaired) electrons. The van der Waals surface area contributed by atoms with Crippen molar-refractivity contribution in [3.05, 3.63) is 48.6 Å². The van der Waals surface area contributed by atoms with Crippen LogP contribution in [0.15, 0.2) is 48.6 Å². The molecule has 322 valence electrons. The maximum absolute atomic E-state index is 12.6. The van der Waals surface area contributed by atoms with Crippen LogP contribution in [0, 0.1) is 0 Å². The molecule has 0 saturated heterocycles. The van der Waals surface area contributed by atoms with Crippen LogP contribution in [0.3, 0.4) is 0 Å². The van der Waals surface area contributed by atoms with Crippen LogP contribution in [0.5, 0.6) is 0 Å². The minimum Gasteiger partial charge on any atom is -0.457 e. The third-order valence-electron chi connectivity index (χ3n) is 9.25. The van der Waals surface area contributed by atoms with Gasteiger partial charge in [-0.1, -0.05) is 159 Å². The van der Waals surface area contributed by atoms with Gasteiger partial charge in [0.15, 0.2) is 0 Å². The first-order valence-electron chi connectivity index (χ1n) is 22.1. The zero-order valence-corrected chi connectivity index (χ0v) is 36.0. The SMILES string of the molecule is CC/C=C\C/C=C\C/C=C\CCCCCCCCOCC(COP(=O)(O)OCC(O)CO)OC(=O)CCCCCCCCC/C=C\CCCCCCCCC. The highest BCUT2D eigenvalue weighted by molar-refractivity contribution is 7.47. The second-order valence-electron chi connectivity index (χ2n) is 14.7. The molecule has 0 spiro atoms. The van der Waals surface area contributed by atoms with Crippen molar-refractivity contribution in [3.8, 4) is 0 Å². The van der Waals surface area contributed by atoms with Gasteiger partial charge in [-0.25, -0.2) is 4.57 Å². The molecule has 0 aliphatic carbocycles. The molecule has 0 bridgehead atoms. The summed E-state index contributed by atoms with van der Waals surface area (Å²) in [6.07, 6.45) is 46.4. The zero-order chi connectivity index (χ0) is 40.3. The highest BCUT2D eigenvalue weighted by Gasteiger charge is 2.26. The van der Waals surface area contributed by atoms with Gasteiger partial charge in [0, 0.05) is 13.0 Å². The molecule has 3 N–H and O–H groups in total. The number of rotatable bonds is 42. The summed E-state index contributed by atoms with van der Waals surface area (Å²) in [4.78, 5) is 22.6. The van der Waals surface area contributed by atoms with E-state index in [4.69, 9.17) is 23.6 Å². The number of allylic oxidation sites excluding steroid dienone is 8. The van der Waals surface area contributed by atoms with Crippen molar-refractivity contribution < 1.29 is 43.0 Å². The first-order valence-corrected chi connectivity index (χ1v) is 23.6. The summed E-state index contributed by atoms with van der Waals surface area (Å²) in [5.74, 6) is -0.393. The Hall–Kier alpha value is -1.58. The van der Waals surface area contributed by atoms with Crippen molar-refractivity contribution in [2.45, 2.75) is 199 Å². The Morgan fingerprint density at radius 1 is 0.582 bits per heavy atom. The number of carbonyl (C=O) groups excluding carboxylic acids is 1. The van der Waals surface area contributed by atoms with Gasteiger partial charge >= 0.3 is 13.8 Å². The van der Waals surface area contributed by atoms with Gasteiger partial charge in [0.1, 0.15) is 12.2 Å². The Labute approximate surface area is 337 Å². The van der Waals surface area contributed by atoms with Crippen LogP contribution in [0.1, 0.15) is 187 Å². The van der Waals surface area contributed by atoms with Crippen LogP contribution in [0.4, 0.5) is 0 Å². The number of hydrogen-bond donors (Lipinski definition) is 3. The molecule has 9 nitrogen and oxygen atoms in total. The monoisotopic (exact) mass is 799 g/mol. The van der Waals surface area contributed by atoms with Crippen LogP contribution in [0.2, 0.25) is 0 Å². The van der Waals surface area contributed by atoms with Crippen molar-refractivity contribution in [1.82, 2.24) is 0 Å². The van der Waals surface area contributed by atoms with E-state index in [2.05, 4.69) is 62.5 Å². The Balaban J connectivity index is 4.18. The van der Waals surface area contributed by atoms with Gasteiger partial charge in [-0.15, -0.1) is 0 Å². The predicted molar refractivity (Wildman–Crippen MR) is 228 cm³/mol. The Morgan fingerprint density at radius 2 is 1.04 bits per heavy atom. The van der Waals surface area contributed by atoms with Gasteiger partial charge in [0.25, 0.3) is 0 Å². The topological polar surface area (TPSA) is 132 Å². The molecule has 0 aliphatic rings. The number of ether oxygens (including phenoxy) is 2. The smallest absolute Gasteiger partial charge is 0.457 e. The van der Waals surface area contributed by atoms with Crippen LogP contribution < -0.4 is 0 Å². The third-order valence-corrected chi connectivity index (χ3v) is 10.2. The molecule has 0 aliphatic heterocycles. The number of carbonyl (C=O) groups is 1. The molecule has 0 aromatic carbocycles. The van der Waals surface area contributed by atoms with Gasteiger partial charge in [-0.3, -0.25) is 13.8 Å². The number of aliphatic hydroxyl groups is 2. The predicted octanol–water partition coefficient (Wildman–Crippen LogP) is 12.2. The lowest BCUT2D eigenvalue weighted by Crippen LogP contribution is -2.29. The molecule has 55 heavy (non-hydrogen) atoms. The van der Waals surface area contributed by atoms with Crippen LogP contribution in [-0.2, 0) is 27.9 Å². The summed E-state index contributed by atoms with van der Waals surface area (Å²) < 4.78 is 33.4. The number of unbranched alkanes of at least 4 members (excludes halogenated alkanes) is 20. The highest BCUT2D eigenvalue weighted by Crippen LogP contribution is 2.43. The molecule has 0 aromatic heterocycles. The van der Waals surface area contributed by atoms with Gasteiger partial charge in [0.2, 0.25) is 0 Å². The quantitative estimate of drug-likeness (QED) is 0.0239. The first-order chi connectivity index (χ1) is 26.8. The summed E-state index contributed by atoms with van der Waals surface area (Å²) >= 11 is 0. The van der Waals surface area contributed by atoms with E-state index in [1.165, 1.54) is 89.9 Å². The van der Waals surface area contributed by atoms with E-state index in [9.17, 15) is 19.4 Å².